The lowest BCUT2D eigenvalue weighted by Crippen LogP contribution is -2.19. The highest BCUT2D eigenvalue weighted by molar-refractivity contribution is 9.10. The van der Waals surface area contributed by atoms with Crippen LogP contribution in [0.5, 0.6) is 11.5 Å². The maximum Gasteiger partial charge on any atom is 0.127 e. The number of pyridine rings is 1. The smallest absolute Gasteiger partial charge is 0.127 e. The van der Waals surface area contributed by atoms with E-state index in [0.717, 1.165) is 27.2 Å². The van der Waals surface area contributed by atoms with Crippen molar-refractivity contribution >= 4 is 15.9 Å². The van der Waals surface area contributed by atoms with E-state index >= 15 is 0 Å². The summed E-state index contributed by atoms with van der Waals surface area (Å²) >= 11 is 3.46. The normalized spacial score (nSPS) is 12.0. The quantitative estimate of drug-likeness (QED) is 0.862. The Bertz CT molecular complexity index is 605. The van der Waals surface area contributed by atoms with Crippen LogP contribution >= 0.6 is 15.9 Å². The van der Waals surface area contributed by atoms with E-state index < -0.39 is 0 Å². The van der Waals surface area contributed by atoms with Gasteiger partial charge in [-0.2, -0.15) is 0 Å². The van der Waals surface area contributed by atoms with Crippen molar-refractivity contribution in [3.63, 3.8) is 0 Å². The predicted octanol–water partition coefficient (Wildman–Crippen LogP) is 3.71. The number of benzene rings is 1. The lowest BCUT2D eigenvalue weighted by atomic mass is 10.1. The first kappa shape index (κ1) is 15.8. The number of nitrogens with zero attached hydrogens (tertiary/aromatic N) is 1. The molecule has 0 bridgehead atoms. The van der Waals surface area contributed by atoms with Crippen molar-refractivity contribution in [3.05, 3.63) is 52.3 Å². The van der Waals surface area contributed by atoms with E-state index in [4.69, 9.17) is 9.47 Å². The number of rotatable bonds is 6. The molecule has 0 radical (unpaired) electrons. The fourth-order valence-electron chi connectivity index (χ4n) is 2.02. The topological polar surface area (TPSA) is 43.4 Å². The lowest BCUT2D eigenvalue weighted by Gasteiger charge is -2.16. The second kappa shape index (κ2) is 7.43. The van der Waals surface area contributed by atoms with Gasteiger partial charge in [-0.15, -0.1) is 0 Å². The number of ether oxygens (including phenoxy) is 2. The summed E-state index contributed by atoms with van der Waals surface area (Å²) in [5, 5.41) is 3.45. The van der Waals surface area contributed by atoms with Gasteiger partial charge in [0.15, 0.2) is 0 Å². The summed E-state index contributed by atoms with van der Waals surface area (Å²) in [5.74, 6) is 1.61. The molecule has 1 atom stereocenters. The van der Waals surface area contributed by atoms with Gasteiger partial charge < -0.3 is 14.8 Å². The average molecular weight is 351 g/mol. The van der Waals surface area contributed by atoms with Gasteiger partial charge in [0.2, 0.25) is 0 Å². The van der Waals surface area contributed by atoms with Crippen molar-refractivity contribution in [2.24, 2.45) is 0 Å². The molecule has 1 aromatic heterocycles. The Morgan fingerprint density at radius 3 is 2.67 bits per heavy atom. The molecule has 2 rings (SSSR count). The zero-order valence-corrected chi connectivity index (χ0v) is 14.0. The number of hydrogen-bond donors (Lipinski definition) is 1. The summed E-state index contributed by atoms with van der Waals surface area (Å²) in [7, 11) is 3.31. The Labute approximate surface area is 133 Å². The largest absolute Gasteiger partial charge is 0.497 e. The maximum atomic E-state index is 5.40. The fourth-order valence-corrected chi connectivity index (χ4v) is 2.38. The fraction of sp³-hybridized carbons (Fsp3) is 0.312. The molecule has 0 aliphatic carbocycles. The van der Waals surface area contributed by atoms with Gasteiger partial charge in [0.1, 0.15) is 11.5 Å². The Morgan fingerprint density at radius 1 is 1.19 bits per heavy atom. The summed E-state index contributed by atoms with van der Waals surface area (Å²) in [6.45, 7) is 2.79. The van der Waals surface area contributed by atoms with Gasteiger partial charge in [-0.1, -0.05) is 22.0 Å². The van der Waals surface area contributed by atoms with Gasteiger partial charge >= 0.3 is 0 Å². The van der Waals surface area contributed by atoms with Gasteiger partial charge in [0, 0.05) is 34.9 Å². The average Bonchev–Trinajstić information content (AvgIpc) is 2.52. The van der Waals surface area contributed by atoms with E-state index in [2.05, 4.69) is 33.2 Å². The predicted molar refractivity (Wildman–Crippen MR) is 86.7 cm³/mol. The Kier molecular flexibility index (Phi) is 5.59. The van der Waals surface area contributed by atoms with Crippen molar-refractivity contribution in [1.82, 2.24) is 10.3 Å². The first-order valence-electron chi connectivity index (χ1n) is 6.69. The molecule has 0 aliphatic heterocycles. The third-order valence-electron chi connectivity index (χ3n) is 3.28. The van der Waals surface area contributed by atoms with Crippen LogP contribution in [0.25, 0.3) is 0 Å². The molecular weight excluding hydrogens is 332 g/mol. The second-order valence-corrected chi connectivity index (χ2v) is 5.59. The monoisotopic (exact) mass is 350 g/mol. The van der Waals surface area contributed by atoms with Gasteiger partial charge in [0.05, 0.1) is 19.9 Å². The van der Waals surface area contributed by atoms with E-state index in [1.807, 2.05) is 30.3 Å². The van der Waals surface area contributed by atoms with Crippen LogP contribution in [0.3, 0.4) is 0 Å². The van der Waals surface area contributed by atoms with Crippen LogP contribution in [0.4, 0.5) is 0 Å². The van der Waals surface area contributed by atoms with E-state index in [1.54, 1.807) is 20.4 Å². The van der Waals surface area contributed by atoms with Crippen LogP contribution in [0.2, 0.25) is 0 Å². The van der Waals surface area contributed by atoms with Crippen LogP contribution in [0.1, 0.15) is 24.2 Å². The molecule has 1 N–H and O–H groups in total. The van der Waals surface area contributed by atoms with Crippen molar-refractivity contribution < 1.29 is 9.47 Å². The van der Waals surface area contributed by atoms with E-state index in [0.29, 0.717) is 6.54 Å². The molecule has 112 valence electrons. The number of methoxy groups -OCH3 is 2. The molecule has 0 saturated heterocycles. The van der Waals surface area contributed by atoms with Gasteiger partial charge in [-0.05, 0) is 25.1 Å². The lowest BCUT2D eigenvalue weighted by molar-refractivity contribution is 0.388. The zero-order valence-electron chi connectivity index (χ0n) is 12.4. The van der Waals surface area contributed by atoms with Crippen LogP contribution in [-0.2, 0) is 6.54 Å². The Hall–Kier alpha value is -1.59. The van der Waals surface area contributed by atoms with Crippen LogP contribution in [0, 0.1) is 0 Å². The molecule has 5 heteroatoms. The van der Waals surface area contributed by atoms with E-state index in [-0.39, 0.29) is 6.04 Å². The number of hydrogen-bond acceptors (Lipinski definition) is 4. The third kappa shape index (κ3) is 4.19. The molecule has 1 heterocycles. The van der Waals surface area contributed by atoms with Gasteiger partial charge in [-0.3, -0.25) is 4.98 Å². The molecule has 21 heavy (non-hydrogen) atoms. The molecule has 0 saturated carbocycles. The zero-order chi connectivity index (χ0) is 15.2. The molecule has 1 aromatic carbocycles. The van der Waals surface area contributed by atoms with Crippen LogP contribution < -0.4 is 14.8 Å². The molecular formula is C16H19BrN2O2. The minimum atomic E-state index is 0.148. The van der Waals surface area contributed by atoms with Crippen LogP contribution in [-0.4, -0.2) is 19.2 Å². The van der Waals surface area contributed by atoms with Crippen molar-refractivity contribution in [1.29, 1.82) is 0 Å². The molecule has 0 aliphatic rings. The van der Waals surface area contributed by atoms with Crippen molar-refractivity contribution in [2.75, 3.05) is 14.2 Å². The van der Waals surface area contributed by atoms with E-state index in [9.17, 15) is 0 Å². The van der Waals surface area contributed by atoms with Gasteiger partial charge in [0.25, 0.3) is 0 Å². The van der Waals surface area contributed by atoms with Gasteiger partial charge in [-0.25, -0.2) is 0 Å². The minimum Gasteiger partial charge on any atom is -0.497 e. The number of halogens is 1. The minimum absolute atomic E-state index is 0.148. The molecule has 2 aromatic rings. The molecule has 0 spiro atoms. The maximum absolute atomic E-state index is 5.40. The van der Waals surface area contributed by atoms with E-state index in [1.165, 1.54) is 0 Å². The molecule has 0 amide bonds. The highest BCUT2D eigenvalue weighted by atomic mass is 79.9. The van der Waals surface area contributed by atoms with Crippen molar-refractivity contribution in [3.8, 4) is 11.5 Å². The highest BCUT2D eigenvalue weighted by Crippen LogP contribution is 2.25. The van der Waals surface area contributed by atoms with Crippen molar-refractivity contribution in [2.45, 2.75) is 19.5 Å². The highest BCUT2D eigenvalue weighted by Gasteiger charge is 2.09. The summed E-state index contributed by atoms with van der Waals surface area (Å²) in [6.07, 6.45) is 1.80. The molecule has 1 unspecified atom stereocenters. The van der Waals surface area contributed by atoms with Crippen LogP contribution in [0.15, 0.2) is 41.0 Å². The first-order valence-corrected chi connectivity index (χ1v) is 7.49. The summed E-state index contributed by atoms with van der Waals surface area (Å²) in [4.78, 5) is 4.38. The first-order chi connectivity index (χ1) is 10.1. The standard InChI is InChI=1S/C16H19BrN2O2/c1-11(15-8-13(17)6-7-18-15)19-10-12-4-5-14(20-2)9-16(12)21-3/h4-9,11,19H,10H2,1-3H3. The second-order valence-electron chi connectivity index (χ2n) is 4.68. The SMILES string of the molecule is COc1ccc(CNC(C)c2cc(Br)ccn2)c(OC)c1. The molecule has 0 fully saturated rings. The number of nitrogens with one attached hydrogen (secondary N) is 1. The Morgan fingerprint density at radius 2 is 2.00 bits per heavy atom. The third-order valence-corrected chi connectivity index (χ3v) is 3.77. The Balaban J connectivity index is 2.05. The number of aromatic nitrogens is 1. The summed E-state index contributed by atoms with van der Waals surface area (Å²) < 4.78 is 11.6. The molecule has 4 nitrogen and oxygen atoms in total. The summed E-state index contributed by atoms with van der Waals surface area (Å²) in [6, 6.07) is 9.91. The summed E-state index contributed by atoms with van der Waals surface area (Å²) in [5.41, 5.74) is 2.08.